The van der Waals surface area contributed by atoms with Crippen molar-refractivity contribution in [3.63, 3.8) is 0 Å². The van der Waals surface area contributed by atoms with Gasteiger partial charge in [-0.3, -0.25) is 0 Å². The number of hydrogen-bond donors (Lipinski definition) is 0. The summed E-state index contributed by atoms with van der Waals surface area (Å²) in [5, 5.41) is 0. The molecular weight excluding hydrogens is 96.1 g/mol. The van der Waals surface area contributed by atoms with E-state index in [9.17, 15) is 0 Å². The van der Waals surface area contributed by atoms with Crippen LogP contribution in [0.1, 0.15) is 25.7 Å². The summed E-state index contributed by atoms with van der Waals surface area (Å²) in [6.07, 6.45) is 6.61. The minimum atomic E-state index is 1.02. The van der Waals surface area contributed by atoms with Crippen LogP contribution in [-0.2, 0) is 0 Å². The van der Waals surface area contributed by atoms with Crippen LogP contribution >= 0.6 is 0 Å². The van der Waals surface area contributed by atoms with Crippen LogP contribution in [0.15, 0.2) is 0 Å². The molecule has 6 rings (SSSR count). The van der Waals surface area contributed by atoms with Gasteiger partial charge in [0.15, 0.2) is 0 Å². The van der Waals surface area contributed by atoms with Crippen molar-refractivity contribution in [3.05, 3.63) is 0 Å². The standard InChI is InChI=1S/C8H10/c1-5-2-8-4-7(1,8)3-6(5)8/h5-6H,1-4H2. The number of rotatable bonds is 0. The van der Waals surface area contributed by atoms with Crippen molar-refractivity contribution in [2.24, 2.45) is 22.7 Å². The first kappa shape index (κ1) is 3.24. The molecule has 4 unspecified atom stereocenters. The fourth-order valence-electron chi connectivity index (χ4n) is 4.43. The summed E-state index contributed by atoms with van der Waals surface area (Å²) < 4.78 is 0. The Morgan fingerprint density at radius 1 is 1.12 bits per heavy atom. The lowest BCUT2D eigenvalue weighted by Crippen LogP contribution is -2.39. The first-order valence-corrected chi connectivity index (χ1v) is 3.86. The van der Waals surface area contributed by atoms with Crippen LogP contribution in [-0.4, -0.2) is 0 Å². The maximum Gasteiger partial charge on any atom is -0.0201 e. The molecule has 42 valence electrons. The molecule has 0 aromatic heterocycles. The largest absolute Gasteiger partial charge is 0.0439 e. The maximum atomic E-state index is 1.65. The average molecular weight is 106 g/mol. The SMILES string of the molecule is C1C2CC34CC13CC24. The summed E-state index contributed by atoms with van der Waals surface area (Å²) in [5.74, 6) is 2.51. The lowest BCUT2D eigenvalue weighted by atomic mass is 9.59. The van der Waals surface area contributed by atoms with Gasteiger partial charge in [-0.05, 0) is 48.3 Å². The second-order valence-electron chi connectivity index (χ2n) is 4.59. The summed E-state index contributed by atoms with van der Waals surface area (Å²) in [6, 6.07) is 0. The summed E-state index contributed by atoms with van der Waals surface area (Å²) in [6.45, 7) is 0. The van der Waals surface area contributed by atoms with Crippen molar-refractivity contribution >= 4 is 0 Å². The van der Waals surface area contributed by atoms with E-state index in [0.29, 0.717) is 0 Å². The van der Waals surface area contributed by atoms with Crippen molar-refractivity contribution in [1.82, 2.24) is 0 Å². The zero-order valence-electron chi connectivity index (χ0n) is 4.98. The third-order valence-corrected chi connectivity index (χ3v) is 4.75. The van der Waals surface area contributed by atoms with Crippen molar-refractivity contribution in [1.29, 1.82) is 0 Å². The summed E-state index contributed by atoms with van der Waals surface area (Å²) in [7, 11) is 0. The van der Waals surface area contributed by atoms with Crippen LogP contribution in [0, 0.1) is 22.7 Å². The van der Waals surface area contributed by atoms with E-state index in [1.807, 2.05) is 0 Å². The van der Waals surface area contributed by atoms with Crippen molar-refractivity contribution in [2.45, 2.75) is 25.7 Å². The Hall–Kier alpha value is 0. The molecule has 6 aliphatic carbocycles. The molecule has 6 fully saturated rings. The number of hydrogen-bond acceptors (Lipinski definition) is 0. The molecule has 6 aliphatic rings. The molecule has 0 heteroatoms. The molecule has 0 amide bonds. The van der Waals surface area contributed by atoms with Gasteiger partial charge in [0.25, 0.3) is 0 Å². The molecule has 0 heterocycles. The van der Waals surface area contributed by atoms with Crippen molar-refractivity contribution in [3.8, 4) is 0 Å². The molecule has 0 nitrogen and oxygen atoms in total. The monoisotopic (exact) mass is 106 g/mol. The zero-order chi connectivity index (χ0) is 4.98. The van der Waals surface area contributed by atoms with E-state index >= 15 is 0 Å². The fraction of sp³-hybridized carbons (Fsp3) is 1.00. The Balaban J connectivity index is 2.14. The molecule has 4 bridgehead atoms. The van der Waals surface area contributed by atoms with Gasteiger partial charge in [-0.15, -0.1) is 0 Å². The normalized spacial score (nSPS) is 87.0. The topological polar surface area (TPSA) is 0 Å². The second kappa shape index (κ2) is 0.521. The van der Waals surface area contributed by atoms with E-state index in [1.165, 1.54) is 11.8 Å². The minimum Gasteiger partial charge on any atom is -0.0439 e. The Morgan fingerprint density at radius 3 is 2.25 bits per heavy atom. The van der Waals surface area contributed by atoms with Gasteiger partial charge in [0.1, 0.15) is 0 Å². The lowest BCUT2D eigenvalue weighted by molar-refractivity contribution is 0.0244. The molecule has 2 spiro atoms. The van der Waals surface area contributed by atoms with E-state index in [4.69, 9.17) is 0 Å². The Bertz CT molecular complexity index is 182. The Labute approximate surface area is 49.3 Å². The third kappa shape index (κ3) is 0.104. The highest BCUT2D eigenvalue weighted by atomic mass is 14.9. The molecule has 0 saturated heterocycles. The van der Waals surface area contributed by atoms with E-state index in [0.717, 1.165) is 10.8 Å². The van der Waals surface area contributed by atoms with Gasteiger partial charge in [-0.1, -0.05) is 0 Å². The molecule has 0 aromatic carbocycles. The quantitative estimate of drug-likeness (QED) is 0.441. The van der Waals surface area contributed by atoms with E-state index in [-0.39, 0.29) is 0 Å². The van der Waals surface area contributed by atoms with Gasteiger partial charge in [-0.2, -0.15) is 0 Å². The van der Waals surface area contributed by atoms with Gasteiger partial charge in [-0.25, -0.2) is 0 Å². The van der Waals surface area contributed by atoms with Gasteiger partial charge >= 0.3 is 0 Å². The molecule has 0 aliphatic heterocycles. The Morgan fingerprint density at radius 2 is 2.12 bits per heavy atom. The molecule has 8 heavy (non-hydrogen) atoms. The van der Waals surface area contributed by atoms with Crippen molar-refractivity contribution in [2.75, 3.05) is 0 Å². The van der Waals surface area contributed by atoms with Crippen LogP contribution < -0.4 is 0 Å². The highest BCUT2D eigenvalue weighted by molar-refractivity contribution is 5.39. The Kier molecular flexibility index (Phi) is 0.211. The highest BCUT2D eigenvalue weighted by Crippen LogP contribution is 2.98. The molecule has 4 atom stereocenters. The molecular formula is C8H10. The van der Waals surface area contributed by atoms with E-state index < -0.39 is 0 Å². The van der Waals surface area contributed by atoms with Crippen LogP contribution in [0.3, 0.4) is 0 Å². The van der Waals surface area contributed by atoms with Crippen LogP contribution in [0.4, 0.5) is 0 Å². The van der Waals surface area contributed by atoms with Crippen LogP contribution in [0.5, 0.6) is 0 Å². The molecule has 0 radical (unpaired) electrons. The van der Waals surface area contributed by atoms with Gasteiger partial charge < -0.3 is 0 Å². The first-order valence-electron chi connectivity index (χ1n) is 3.86. The second-order valence-corrected chi connectivity index (χ2v) is 4.59. The van der Waals surface area contributed by atoms with E-state index in [2.05, 4.69) is 0 Å². The predicted octanol–water partition coefficient (Wildman–Crippen LogP) is 1.81. The van der Waals surface area contributed by atoms with Crippen LogP contribution in [0.25, 0.3) is 0 Å². The van der Waals surface area contributed by atoms with E-state index in [1.54, 1.807) is 25.7 Å². The first-order chi connectivity index (χ1) is 3.86. The lowest BCUT2D eigenvalue weighted by Gasteiger charge is -2.46. The highest BCUT2D eigenvalue weighted by Gasteiger charge is 2.90. The molecule has 0 aromatic rings. The van der Waals surface area contributed by atoms with Gasteiger partial charge in [0.05, 0.1) is 0 Å². The summed E-state index contributed by atoms with van der Waals surface area (Å²) in [5.41, 5.74) is 2.06. The predicted molar refractivity (Wildman–Crippen MR) is 30.3 cm³/mol. The average Bonchev–Trinajstić information content (AvgIpc) is 2.08. The molecule has 0 N–H and O–H groups in total. The zero-order valence-corrected chi connectivity index (χ0v) is 4.98. The fourth-order valence-corrected chi connectivity index (χ4v) is 4.43. The molecule has 6 saturated carbocycles. The summed E-state index contributed by atoms with van der Waals surface area (Å²) >= 11 is 0. The summed E-state index contributed by atoms with van der Waals surface area (Å²) in [4.78, 5) is 0. The smallest absolute Gasteiger partial charge is 0.0201 e. The third-order valence-electron chi connectivity index (χ3n) is 4.75. The minimum absolute atomic E-state index is 1.02. The van der Waals surface area contributed by atoms with Crippen LogP contribution in [0.2, 0.25) is 0 Å². The van der Waals surface area contributed by atoms with Gasteiger partial charge in [0.2, 0.25) is 0 Å². The maximum absolute atomic E-state index is 1.65. The van der Waals surface area contributed by atoms with Gasteiger partial charge in [0, 0.05) is 0 Å². The van der Waals surface area contributed by atoms with Crippen molar-refractivity contribution < 1.29 is 0 Å².